The summed E-state index contributed by atoms with van der Waals surface area (Å²) in [7, 11) is 1.72. The minimum atomic E-state index is 0.957. The first-order valence-electron chi connectivity index (χ1n) is 5.84. The van der Waals surface area contributed by atoms with Gasteiger partial charge in [0.25, 0.3) is 0 Å². The Bertz CT molecular complexity index is 524. The highest BCUT2D eigenvalue weighted by Gasteiger charge is 2.06. The molecule has 0 aliphatic heterocycles. The molecular weight excluding hydrogens is 208 g/mol. The zero-order chi connectivity index (χ0) is 12.4. The van der Waals surface area contributed by atoms with Crippen LogP contribution in [-0.4, -0.2) is 7.11 Å². The number of methoxy groups -OCH3 is 1. The van der Waals surface area contributed by atoms with Crippen LogP contribution in [0.25, 0.3) is 11.1 Å². The lowest BCUT2D eigenvalue weighted by molar-refractivity contribution is 0.411. The highest BCUT2D eigenvalue weighted by molar-refractivity contribution is 5.69. The maximum absolute atomic E-state index is 5.34. The van der Waals surface area contributed by atoms with E-state index in [1.54, 1.807) is 7.11 Å². The maximum atomic E-state index is 5.34. The van der Waals surface area contributed by atoms with E-state index >= 15 is 0 Å². The van der Waals surface area contributed by atoms with Gasteiger partial charge in [-0.2, -0.15) is 0 Å². The molecule has 0 N–H and O–H groups in total. The Morgan fingerprint density at radius 3 is 2.06 bits per heavy atom. The summed E-state index contributed by atoms with van der Waals surface area (Å²) in [5.41, 5.74) is 6.25. The predicted octanol–water partition coefficient (Wildman–Crippen LogP) is 4.29. The largest absolute Gasteiger partial charge is 0.496 e. The van der Waals surface area contributed by atoms with Crippen LogP contribution < -0.4 is 4.74 Å². The molecule has 0 radical (unpaired) electrons. The number of ether oxygens (including phenoxy) is 1. The minimum absolute atomic E-state index is 0.957. The number of hydrogen-bond acceptors (Lipinski definition) is 1. The van der Waals surface area contributed by atoms with Crippen molar-refractivity contribution in [2.75, 3.05) is 7.11 Å². The van der Waals surface area contributed by atoms with Gasteiger partial charge in [-0.25, -0.2) is 0 Å². The van der Waals surface area contributed by atoms with Crippen LogP contribution in [0.1, 0.15) is 16.7 Å². The van der Waals surface area contributed by atoms with E-state index in [4.69, 9.17) is 4.74 Å². The fourth-order valence-corrected chi connectivity index (χ4v) is 2.05. The molecule has 0 heterocycles. The Hall–Kier alpha value is -1.76. The molecular formula is C16H18O. The van der Waals surface area contributed by atoms with E-state index in [0.717, 1.165) is 5.75 Å². The van der Waals surface area contributed by atoms with Gasteiger partial charge in [0.05, 0.1) is 7.11 Å². The van der Waals surface area contributed by atoms with Gasteiger partial charge in [-0.3, -0.25) is 0 Å². The van der Waals surface area contributed by atoms with Crippen molar-refractivity contribution in [1.29, 1.82) is 0 Å². The van der Waals surface area contributed by atoms with Gasteiger partial charge in [0.15, 0.2) is 0 Å². The standard InChI is InChI=1S/C16H18O/c1-11-5-7-14(8-6-11)15-9-13(3)16(17-4)10-12(15)2/h5-10H,1-4H3. The van der Waals surface area contributed by atoms with Crippen molar-refractivity contribution in [3.05, 3.63) is 53.1 Å². The van der Waals surface area contributed by atoms with E-state index < -0.39 is 0 Å². The third kappa shape index (κ3) is 2.33. The van der Waals surface area contributed by atoms with E-state index in [0.29, 0.717) is 0 Å². The molecule has 0 aliphatic carbocycles. The lowest BCUT2D eigenvalue weighted by Gasteiger charge is -2.11. The molecule has 0 amide bonds. The zero-order valence-corrected chi connectivity index (χ0v) is 10.9. The number of hydrogen-bond donors (Lipinski definition) is 0. The quantitative estimate of drug-likeness (QED) is 0.742. The van der Waals surface area contributed by atoms with E-state index in [1.807, 2.05) is 0 Å². The molecule has 1 heteroatoms. The molecule has 88 valence electrons. The van der Waals surface area contributed by atoms with Gasteiger partial charge < -0.3 is 4.74 Å². The first-order valence-corrected chi connectivity index (χ1v) is 5.84. The topological polar surface area (TPSA) is 9.23 Å². The highest BCUT2D eigenvalue weighted by atomic mass is 16.5. The summed E-state index contributed by atoms with van der Waals surface area (Å²) in [6, 6.07) is 12.9. The molecule has 0 fully saturated rings. The average molecular weight is 226 g/mol. The molecule has 0 aliphatic rings. The molecule has 2 aromatic carbocycles. The summed E-state index contributed by atoms with van der Waals surface area (Å²) in [5.74, 6) is 0.957. The Kier molecular flexibility index (Phi) is 3.19. The number of rotatable bonds is 2. The van der Waals surface area contributed by atoms with Crippen molar-refractivity contribution >= 4 is 0 Å². The molecule has 0 aromatic heterocycles. The molecule has 0 saturated carbocycles. The molecule has 2 rings (SSSR count). The van der Waals surface area contributed by atoms with Crippen molar-refractivity contribution in [1.82, 2.24) is 0 Å². The third-order valence-electron chi connectivity index (χ3n) is 3.10. The Morgan fingerprint density at radius 2 is 1.47 bits per heavy atom. The van der Waals surface area contributed by atoms with Crippen molar-refractivity contribution in [3.63, 3.8) is 0 Å². The summed E-state index contributed by atoms with van der Waals surface area (Å²) < 4.78 is 5.34. The zero-order valence-electron chi connectivity index (χ0n) is 10.9. The van der Waals surface area contributed by atoms with Gasteiger partial charge in [0.1, 0.15) is 5.75 Å². The molecule has 1 nitrogen and oxygen atoms in total. The second-order valence-corrected chi connectivity index (χ2v) is 4.50. The normalized spacial score (nSPS) is 10.4. The van der Waals surface area contributed by atoms with Gasteiger partial charge >= 0.3 is 0 Å². The van der Waals surface area contributed by atoms with E-state index in [9.17, 15) is 0 Å². The van der Waals surface area contributed by atoms with Gasteiger partial charge in [0.2, 0.25) is 0 Å². The van der Waals surface area contributed by atoms with Crippen LogP contribution in [0.5, 0.6) is 5.75 Å². The van der Waals surface area contributed by atoms with Gasteiger partial charge in [-0.1, -0.05) is 29.8 Å². The molecule has 0 saturated heterocycles. The predicted molar refractivity (Wildman–Crippen MR) is 72.6 cm³/mol. The van der Waals surface area contributed by atoms with E-state index in [1.165, 1.54) is 27.8 Å². The second-order valence-electron chi connectivity index (χ2n) is 4.50. The van der Waals surface area contributed by atoms with Crippen LogP contribution in [-0.2, 0) is 0 Å². The van der Waals surface area contributed by atoms with Gasteiger partial charge in [0, 0.05) is 0 Å². The Balaban J connectivity index is 2.52. The van der Waals surface area contributed by atoms with Crippen LogP contribution in [0.15, 0.2) is 36.4 Å². The molecule has 2 aromatic rings. The maximum Gasteiger partial charge on any atom is 0.122 e. The van der Waals surface area contributed by atoms with Crippen LogP contribution in [0, 0.1) is 20.8 Å². The fourth-order valence-electron chi connectivity index (χ4n) is 2.05. The van der Waals surface area contributed by atoms with E-state index in [2.05, 4.69) is 57.2 Å². The first kappa shape index (κ1) is 11.7. The fraction of sp³-hybridized carbons (Fsp3) is 0.250. The van der Waals surface area contributed by atoms with Crippen molar-refractivity contribution in [2.24, 2.45) is 0 Å². The lowest BCUT2D eigenvalue weighted by atomic mass is 9.97. The summed E-state index contributed by atoms with van der Waals surface area (Å²) in [4.78, 5) is 0. The van der Waals surface area contributed by atoms with Gasteiger partial charge in [-0.05, 0) is 55.2 Å². The Morgan fingerprint density at radius 1 is 0.824 bits per heavy atom. The monoisotopic (exact) mass is 226 g/mol. The molecule has 0 unspecified atom stereocenters. The molecule has 0 atom stereocenters. The number of benzene rings is 2. The summed E-state index contributed by atoms with van der Waals surface area (Å²) in [6.45, 7) is 6.31. The van der Waals surface area contributed by atoms with Gasteiger partial charge in [-0.15, -0.1) is 0 Å². The number of aryl methyl sites for hydroxylation is 3. The van der Waals surface area contributed by atoms with Crippen molar-refractivity contribution in [2.45, 2.75) is 20.8 Å². The van der Waals surface area contributed by atoms with Crippen molar-refractivity contribution < 1.29 is 4.74 Å². The van der Waals surface area contributed by atoms with Crippen molar-refractivity contribution in [3.8, 4) is 16.9 Å². The van der Waals surface area contributed by atoms with Crippen LogP contribution >= 0.6 is 0 Å². The summed E-state index contributed by atoms with van der Waals surface area (Å²) in [6.07, 6.45) is 0. The van der Waals surface area contributed by atoms with Crippen LogP contribution in [0.4, 0.5) is 0 Å². The SMILES string of the molecule is COc1cc(C)c(-c2ccc(C)cc2)cc1C. The first-order chi connectivity index (χ1) is 8.11. The molecule has 0 bridgehead atoms. The minimum Gasteiger partial charge on any atom is -0.496 e. The van der Waals surface area contributed by atoms with E-state index in [-0.39, 0.29) is 0 Å². The Labute approximate surface area is 103 Å². The highest BCUT2D eigenvalue weighted by Crippen LogP contribution is 2.30. The van der Waals surface area contributed by atoms with Crippen LogP contribution in [0.2, 0.25) is 0 Å². The smallest absolute Gasteiger partial charge is 0.122 e. The third-order valence-corrected chi connectivity index (χ3v) is 3.10. The lowest BCUT2D eigenvalue weighted by Crippen LogP contribution is -1.91. The second kappa shape index (κ2) is 4.62. The summed E-state index contributed by atoms with van der Waals surface area (Å²) in [5, 5.41) is 0. The molecule has 17 heavy (non-hydrogen) atoms. The summed E-state index contributed by atoms with van der Waals surface area (Å²) >= 11 is 0. The van der Waals surface area contributed by atoms with Crippen LogP contribution in [0.3, 0.4) is 0 Å². The average Bonchev–Trinajstić information content (AvgIpc) is 2.33. The molecule has 0 spiro atoms.